The molecule has 0 radical (unpaired) electrons. The Morgan fingerprint density at radius 1 is 0.507 bits per heavy atom. The van der Waals surface area contributed by atoms with E-state index in [4.69, 9.17) is 56.8 Å². The quantitative estimate of drug-likeness (QED) is 0.0336. The summed E-state index contributed by atoms with van der Waals surface area (Å²) in [6.45, 7) is 16.4. The van der Waals surface area contributed by atoms with E-state index in [1.165, 1.54) is 12.0 Å². The van der Waals surface area contributed by atoms with Gasteiger partial charge in [-0.25, -0.2) is 0 Å². The third-order valence-electron chi connectivity index (χ3n) is 11.6. The van der Waals surface area contributed by atoms with Gasteiger partial charge in [0.05, 0.1) is 60.5 Å². The van der Waals surface area contributed by atoms with Crippen LogP contribution in [0.3, 0.4) is 0 Å². The molecule has 0 aliphatic carbocycles. The maximum absolute atomic E-state index is 6.22. The molecule has 0 amide bonds. The summed E-state index contributed by atoms with van der Waals surface area (Å²) in [5.41, 5.74) is 5.40. The molecule has 1 fully saturated rings. The molecule has 71 heavy (non-hydrogen) atoms. The Labute approximate surface area is 424 Å². The van der Waals surface area contributed by atoms with Gasteiger partial charge in [0.1, 0.15) is 25.6 Å². The van der Waals surface area contributed by atoms with E-state index in [-0.39, 0.29) is 6.29 Å². The first-order chi connectivity index (χ1) is 35.1. The average molecular weight is 984 g/mol. The molecule has 4 aromatic rings. The van der Waals surface area contributed by atoms with Crippen molar-refractivity contribution in [3.8, 4) is 45.6 Å². The molecule has 390 valence electrons. The molecule has 13 heteroatoms. The van der Waals surface area contributed by atoms with E-state index >= 15 is 0 Å². The lowest BCUT2D eigenvalue weighted by Crippen LogP contribution is -2.22. The van der Waals surface area contributed by atoms with Gasteiger partial charge in [-0.2, -0.15) is 0 Å². The number of hydrogen-bond acceptors (Lipinski definition) is 13. The van der Waals surface area contributed by atoms with Gasteiger partial charge in [0.2, 0.25) is 5.75 Å². The van der Waals surface area contributed by atoms with Crippen LogP contribution in [0.1, 0.15) is 87.3 Å². The van der Waals surface area contributed by atoms with Crippen molar-refractivity contribution in [1.29, 1.82) is 0 Å². The number of methoxy groups -OCH3 is 2. The van der Waals surface area contributed by atoms with Gasteiger partial charge in [-0.3, -0.25) is 0 Å². The van der Waals surface area contributed by atoms with E-state index in [1.54, 1.807) is 14.2 Å². The van der Waals surface area contributed by atoms with Crippen molar-refractivity contribution in [1.82, 2.24) is 5.32 Å². The minimum atomic E-state index is -0.0171. The smallest absolute Gasteiger partial charge is 0.203 e. The van der Waals surface area contributed by atoms with Crippen molar-refractivity contribution in [2.75, 3.05) is 100 Å². The number of nitrogens with one attached hydrogen (secondary N) is 1. The zero-order chi connectivity index (χ0) is 49.8. The number of ether oxygens (including phenoxy) is 12. The molecule has 1 saturated heterocycles. The van der Waals surface area contributed by atoms with E-state index in [0.29, 0.717) is 121 Å². The van der Waals surface area contributed by atoms with Crippen LogP contribution in [0, 0.1) is 0 Å². The SMILES string of the molecule is C=CCCCOCCOCCOc1ccc(COc2ccc(-c3ccc(CNCc4cc(OC)c(OCCCCCCOC5CCCCO5)c(OC)c4)cc3)cc2)cc1OCCOCCOCCCC=C. The van der Waals surface area contributed by atoms with E-state index in [1.807, 2.05) is 54.6 Å². The summed E-state index contributed by atoms with van der Waals surface area (Å²) in [6, 6.07) is 26.6. The zero-order valence-electron chi connectivity index (χ0n) is 42.6. The van der Waals surface area contributed by atoms with Gasteiger partial charge in [0.25, 0.3) is 0 Å². The predicted molar refractivity (Wildman–Crippen MR) is 279 cm³/mol. The Balaban J connectivity index is 1.03. The van der Waals surface area contributed by atoms with Crippen LogP contribution in [0.25, 0.3) is 11.1 Å². The van der Waals surface area contributed by atoms with Crippen molar-refractivity contribution in [2.24, 2.45) is 0 Å². The topological polar surface area (TPSA) is 123 Å². The third-order valence-corrected chi connectivity index (χ3v) is 11.6. The molecule has 1 atom stereocenters. The highest BCUT2D eigenvalue weighted by Crippen LogP contribution is 2.39. The van der Waals surface area contributed by atoms with E-state index in [2.05, 4.69) is 54.9 Å². The lowest BCUT2D eigenvalue weighted by molar-refractivity contribution is -0.162. The Morgan fingerprint density at radius 2 is 1.06 bits per heavy atom. The van der Waals surface area contributed by atoms with Crippen LogP contribution in [-0.4, -0.2) is 106 Å². The number of rotatable bonds is 41. The summed E-state index contributed by atoms with van der Waals surface area (Å²) in [6.07, 6.45) is 15.1. The monoisotopic (exact) mass is 984 g/mol. The fraction of sp³-hybridized carbons (Fsp3) is 0.517. The maximum Gasteiger partial charge on any atom is 0.203 e. The summed E-state index contributed by atoms with van der Waals surface area (Å²) < 4.78 is 70.3. The van der Waals surface area contributed by atoms with Gasteiger partial charge >= 0.3 is 0 Å². The number of benzene rings is 4. The number of hydrogen-bond donors (Lipinski definition) is 1. The summed E-state index contributed by atoms with van der Waals surface area (Å²) >= 11 is 0. The molecule has 1 unspecified atom stereocenters. The average Bonchev–Trinajstić information content (AvgIpc) is 3.41. The van der Waals surface area contributed by atoms with Crippen molar-refractivity contribution >= 4 is 0 Å². The van der Waals surface area contributed by atoms with Crippen LogP contribution < -0.4 is 33.7 Å². The summed E-state index contributed by atoms with van der Waals surface area (Å²) in [4.78, 5) is 0. The summed E-state index contributed by atoms with van der Waals surface area (Å²) in [7, 11) is 3.33. The molecule has 5 rings (SSSR count). The minimum Gasteiger partial charge on any atom is -0.493 e. The minimum absolute atomic E-state index is 0.0171. The first-order valence-corrected chi connectivity index (χ1v) is 25.6. The molecular formula is C58H81NO12. The van der Waals surface area contributed by atoms with Crippen LogP contribution in [0.4, 0.5) is 0 Å². The molecule has 1 aliphatic heterocycles. The highest BCUT2D eigenvalue weighted by Gasteiger charge is 2.16. The molecular weight excluding hydrogens is 903 g/mol. The highest BCUT2D eigenvalue weighted by molar-refractivity contribution is 5.64. The van der Waals surface area contributed by atoms with Gasteiger partial charge < -0.3 is 62.2 Å². The van der Waals surface area contributed by atoms with Crippen LogP contribution in [0.15, 0.2) is 104 Å². The Kier molecular flexibility index (Phi) is 28.7. The van der Waals surface area contributed by atoms with Gasteiger partial charge in [-0.15, -0.1) is 13.2 Å². The first-order valence-electron chi connectivity index (χ1n) is 25.6. The molecule has 1 N–H and O–H groups in total. The molecule has 1 aliphatic rings. The predicted octanol–water partition coefficient (Wildman–Crippen LogP) is 11.5. The molecule has 1 heterocycles. The fourth-order valence-electron chi connectivity index (χ4n) is 7.64. The largest absolute Gasteiger partial charge is 0.493 e. The van der Waals surface area contributed by atoms with E-state index in [9.17, 15) is 0 Å². The molecule has 13 nitrogen and oxygen atoms in total. The first kappa shape index (κ1) is 56.8. The third kappa shape index (κ3) is 22.9. The van der Waals surface area contributed by atoms with Crippen molar-refractivity contribution in [2.45, 2.75) is 96.6 Å². The fourth-order valence-corrected chi connectivity index (χ4v) is 7.64. The van der Waals surface area contributed by atoms with Crippen LogP contribution in [0.5, 0.6) is 34.5 Å². The Hall–Kier alpha value is -5.12. The second-order valence-electron chi connectivity index (χ2n) is 17.2. The zero-order valence-corrected chi connectivity index (χ0v) is 42.6. The number of unbranched alkanes of at least 4 members (excludes halogenated alkanes) is 5. The molecule has 0 bridgehead atoms. The van der Waals surface area contributed by atoms with Gasteiger partial charge in [0.15, 0.2) is 29.3 Å². The summed E-state index contributed by atoms with van der Waals surface area (Å²) in [5, 5.41) is 3.56. The van der Waals surface area contributed by atoms with E-state index in [0.717, 1.165) is 105 Å². The Morgan fingerprint density at radius 3 is 1.66 bits per heavy atom. The normalized spacial score (nSPS) is 13.4. The van der Waals surface area contributed by atoms with Crippen molar-refractivity contribution < 1.29 is 56.8 Å². The van der Waals surface area contributed by atoms with Crippen molar-refractivity contribution in [3.05, 3.63) is 121 Å². The van der Waals surface area contributed by atoms with Crippen LogP contribution >= 0.6 is 0 Å². The second kappa shape index (κ2) is 35.9. The van der Waals surface area contributed by atoms with E-state index < -0.39 is 0 Å². The lowest BCUT2D eigenvalue weighted by atomic mass is 10.0. The van der Waals surface area contributed by atoms with Gasteiger partial charge in [-0.05, 0) is 128 Å². The highest BCUT2D eigenvalue weighted by atomic mass is 16.7. The molecule has 4 aromatic carbocycles. The van der Waals surface area contributed by atoms with Gasteiger partial charge in [0, 0.05) is 39.5 Å². The van der Waals surface area contributed by atoms with Crippen LogP contribution in [0.2, 0.25) is 0 Å². The number of allylic oxidation sites excluding steroid dienone is 2. The second-order valence-corrected chi connectivity index (χ2v) is 17.2. The summed E-state index contributed by atoms with van der Waals surface area (Å²) in [5.74, 6) is 3.99. The van der Waals surface area contributed by atoms with Crippen molar-refractivity contribution in [3.63, 3.8) is 0 Å². The maximum atomic E-state index is 6.22. The standard InChI is InChI=1S/C58H81NO12/c1-5-7-12-28-62-33-35-64-37-39-66-53-27-20-48(41-54(53)67-40-38-65-36-34-63-29-13-8-6-2)46-71-52-25-23-51(24-26-52)50-21-18-47(19-22-50)44-59-45-49-42-55(60-3)58(56(43-49)61-4)70-32-15-10-9-14-30-68-57-17-11-16-31-69-57/h5-6,18-27,41-43,57,59H,1-2,7-17,28-40,44-46H2,3-4H3. The van der Waals surface area contributed by atoms with Gasteiger partial charge in [-0.1, -0.05) is 61.0 Å². The Bertz CT molecular complexity index is 2000. The van der Waals surface area contributed by atoms with Crippen LogP contribution in [-0.2, 0) is 48.1 Å². The lowest BCUT2D eigenvalue weighted by Gasteiger charge is -2.22. The molecule has 0 spiro atoms. The molecule has 0 saturated carbocycles. The molecule has 0 aromatic heterocycles.